The molecule has 21 heavy (non-hydrogen) atoms. The molecule has 0 amide bonds. The van der Waals surface area contributed by atoms with Crippen LogP contribution in [0.3, 0.4) is 0 Å². The van der Waals surface area contributed by atoms with Gasteiger partial charge in [0.05, 0.1) is 10.5 Å². The Bertz CT molecular complexity index is 520. The van der Waals surface area contributed by atoms with Crippen LogP contribution in [0.5, 0.6) is 0 Å². The molecule has 0 aromatic carbocycles. The van der Waals surface area contributed by atoms with E-state index in [-0.39, 0.29) is 0 Å². The number of rotatable bonds is 3. The summed E-state index contributed by atoms with van der Waals surface area (Å²) < 4.78 is 40.9. The molecule has 1 saturated heterocycles. The number of hydrogen-bond donors (Lipinski definition) is 1. The molecule has 0 radical (unpaired) electrons. The predicted octanol–water partition coefficient (Wildman–Crippen LogP) is 1.74. The highest BCUT2D eigenvalue weighted by Crippen LogP contribution is 2.31. The number of hydrogen-bond acceptors (Lipinski definition) is 6. The fourth-order valence-electron chi connectivity index (χ4n) is 2.07. The Morgan fingerprint density at radius 2 is 1.81 bits per heavy atom. The van der Waals surface area contributed by atoms with Gasteiger partial charge in [0, 0.05) is 37.7 Å². The zero-order valence-electron chi connectivity index (χ0n) is 11.6. The van der Waals surface area contributed by atoms with E-state index in [0.29, 0.717) is 36.3 Å². The van der Waals surface area contributed by atoms with Crippen molar-refractivity contribution in [3.05, 3.63) is 5.82 Å². The van der Waals surface area contributed by atoms with Crippen molar-refractivity contribution < 1.29 is 13.2 Å². The Labute approximate surface area is 130 Å². The summed E-state index contributed by atoms with van der Waals surface area (Å²) in [7, 11) is 0. The van der Waals surface area contributed by atoms with E-state index in [4.69, 9.17) is 18.0 Å². The Hall–Kier alpha value is -1.00. The summed E-state index contributed by atoms with van der Waals surface area (Å²) in [4.78, 5) is 7.90. The number of aromatic nitrogens is 2. The maximum Gasteiger partial charge on any atom is 0.452 e. The van der Waals surface area contributed by atoms with Crippen molar-refractivity contribution in [2.24, 2.45) is 5.73 Å². The number of nitrogens with two attached hydrogens (primary N) is 1. The van der Waals surface area contributed by atoms with E-state index in [1.54, 1.807) is 4.90 Å². The molecule has 0 unspecified atom stereocenters. The van der Waals surface area contributed by atoms with Crippen molar-refractivity contribution >= 4 is 33.9 Å². The molecule has 1 aromatic heterocycles. The van der Waals surface area contributed by atoms with Crippen LogP contribution in [-0.4, -0.2) is 51.0 Å². The van der Waals surface area contributed by atoms with Crippen LogP contribution in [0.25, 0.3) is 0 Å². The third kappa shape index (κ3) is 3.43. The maximum absolute atomic E-state index is 12.5. The third-order valence-electron chi connectivity index (χ3n) is 3.61. The minimum Gasteiger partial charge on any atom is -0.392 e. The van der Waals surface area contributed by atoms with Gasteiger partial charge in [0.2, 0.25) is 11.0 Å². The number of nitrogens with zero attached hydrogens (tertiary/aromatic N) is 4. The lowest BCUT2D eigenvalue weighted by molar-refractivity contribution is -0.144. The van der Waals surface area contributed by atoms with E-state index in [1.807, 2.05) is 13.8 Å². The SMILES string of the molecule is CC(C)(C(N)=S)N1CCN(c2nc(C(F)(F)F)ns2)CC1. The second-order valence-electron chi connectivity index (χ2n) is 5.30. The van der Waals surface area contributed by atoms with Crippen molar-refractivity contribution in [3.63, 3.8) is 0 Å². The first-order valence-electron chi connectivity index (χ1n) is 6.33. The molecule has 0 saturated carbocycles. The van der Waals surface area contributed by atoms with Crippen molar-refractivity contribution in [3.8, 4) is 0 Å². The van der Waals surface area contributed by atoms with Gasteiger partial charge in [-0.1, -0.05) is 12.2 Å². The minimum absolute atomic E-state index is 0.301. The summed E-state index contributed by atoms with van der Waals surface area (Å²) in [6.45, 7) is 6.34. The second kappa shape index (κ2) is 5.65. The summed E-state index contributed by atoms with van der Waals surface area (Å²) in [6.07, 6.45) is -4.50. The van der Waals surface area contributed by atoms with Gasteiger partial charge in [0.15, 0.2) is 0 Å². The lowest BCUT2D eigenvalue weighted by Crippen LogP contribution is -2.59. The molecule has 0 bridgehead atoms. The maximum atomic E-state index is 12.5. The van der Waals surface area contributed by atoms with Crippen LogP contribution in [0, 0.1) is 0 Å². The van der Waals surface area contributed by atoms with Gasteiger partial charge in [-0.25, -0.2) is 0 Å². The first-order chi connectivity index (χ1) is 9.62. The molecule has 1 aliphatic heterocycles. The van der Waals surface area contributed by atoms with Crippen LogP contribution in [0.15, 0.2) is 0 Å². The molecule has 0 aliphatic carbocycles. The third-order valence-corrected chi connectivity index (χ3v) is 4.89. The first-order valence-corrected chi connectivity index (χ1v) is 7.51. The van der Waals surface area contributed by atoms with Crippen molar-refractivity contribution in [1.82, 2.24) is 14.3 Å². The summed E-state index contributed by atoms with van der Waals surface area (Å²) in [5, 5.41) is 0.301. The van der Waals surface area contributed by atoms with Crippen LogP contribution >= 0.6 is 23.8 Å². The van der Waals surface area contributed by atoms with Crippen molar-refractivity contribution in [1.29, 1.82) is 0 Å². The quantitative estimate of drug-likeness (QED) is 0.847. The predicted molar refractivity (Wildman–Crippen MR) is 79.6 cm³/mol. The van der Waals surface area contributed by atoms with Crippen LogP contribution in [0.2, 0.25) is 0 Å². The number of halogens is 3. The van der Waals surface area contributed by atoms with Gasteiger partial charge in [0.1, 0.15) is 0 Å². The highest BCUT2D eigenvalue weighted by Gasteiger charge is 2.37. The van der Waals surface area contributed by atoms with Crippen LogP contribution in [0.1, 0.15) is 19.7 Å². The van der Waals surface area contributed by atoms with E-state index in [0.717, 1.165) is 11.5 Å². The Morgan fingerprint density at radius 3 is 2.24 bits per heavy atom. The Morgan fingerprint density at radius 1 is 1.24 bits per heavy atom. The standard InChI is InChI=1S/C11H16F3N5S2/c1-10(2,7(15)20)19-5-3-18(4-6-19)9-16-8(17-21-9)11(12,13)14/h3-6H2,1-2H3,(H2,15,20). The number of thiocarbonyl (C=S) groups is 1. The van der Waals surface area contributed by atoms with E-state index < -0.39 is 17.5 Å². The molecule has 118 valence electrons. The van der Waals surface area contributed by atoms with Gasteiger partial charge < -0.3 is 10.6 Å². The Kier molecular flexibility index (Phi) is 4.41. The minimum atomic E-state index is -4.50. The molecule has 2 heterocycles. The molecule has 5 nitrogen and oxygen atoms in total. The zero-order valence-corrected chi connectivity index (χ0v) is 13.3. The summed E-state index contributed by atoms with van der Waals surface area (Å²) >= 11 is 5.83. The second-order valence-corrected chi connectivity index (χ2v) is 6.47. The number of alkyl halides is 3. The monoisotopic (exact) mass is 339 g/mol. The molecule has 0 atom stereocenters. The fourth-order valence-corrected chi connectivity index (χ4v) is 2.94. The van der Waals surface area contributed by atoms with Gasteiger partial charge in [-0.15, -0.1) is 0 Å². The molecule has 0 spiro atoms. The molecule has 1 aliphatic rings. The van der Waals surface area contributed by atoms with Crippen molar-refractivity contribution in [2.45, 2.75) is 25.6 Å². The number of piperazine rings is 1. The molecule has 1 aromatic rings. The van der Waals surface area contributed by atoms with Crippen LogP contribution in [-0.2, 0) is 6.18 Å². The number of anilines is 1. The van der Waals surface area contributed by atoms with Gasteiger partial charge in [0.25, 0.3) is 0 Å². The highest BCUT2D eigenvalue weighted by atomic mass is 32.1. The normalized spacial score (nSPS) is 18.0. The average molecular weight is 339 g/mol. The smallest absolute Gasteiger partial charge is 0.392 e. The van der Waals surface area contributed by atoms with Crippen LogP contribution in [0.4, 0.5) is 18.3 Å². The van der Waals surface area contributed by atoms with Gasteiger partial charge in [-0.2, -0.15) is 22.5 Å². The molecule has 1 fully saturated rings. The van der Waals surface area contributed by atoms with E-state index >= 15 is 0 Å². The fraction of sp³-hybridized carbons (Fsp3) is 0.727. The lowest BCUT2D eigenvalue weighted by Gasteiger charge is -2.43. The average Bonchev–Trinajstić information content (AvgIpc) is 2.88. The molecule has 10 heteroatoms. The molecular formula is C11H16F3N5S2. The van der Waals surface area contributed by atoms with E-state index in [1.165, 1.54) is 0 Å². The van der Waals surface area contributed by atoms with E-state index in [9.17, 15) is 13.2 Å². The summed E-state index contributed by atoms with van der Waals surface area (Å²) in [5.41, 5.74) is 5.33. The molecular weight excluding hydrogens is 323 g/mol. The van der Waals surface area contributed by atoms with Gasteiger partial charge in [-0.05, 0) is 13.8 Å². The summed E-state index contributed by atoms with van der Waals surface area (Å²) in [5.74, 6) is -1.08. The Balaban J connectivity index is 2.01. The van der Waals surface area contributed by atoms with Crippen LogP contribution < -0.4 is 10.6 Å². The summed E-state index contributed by atoms with van der Waals surface area (Å²) in [6, 6.07) is 0. The highest BCUT2D eigenvalue weighted by molar-refractivity contribution is 7.80. The lowest BCUT2D eigenvalue weighted by atomic mass is 10.0. The van der Waals surface area contributed by atoms with Crippen molar-refractivity contribution in [2.75, 3.05) is 31.1 Å². The van der Waals surface area contributed by atoms with Gasteiger partial charge >= 0.3 is 6.18 Å². The van der Waals surface area contributed by atoms with Gasteiger partial charge in [-0.3, -0.25) is 4.90 Å². The first kappa shape index (κ1) is 16.4. The molecule has 2 N–H and O–H groups in total. The zero-order chi connectivity index (χ0) is 15.8. The largest absolute Gasteiger partial charge is 0.452 e. The van der Waals surface area contributed by atoms with E-state index in [2.05, 4.69) is 14.3 Å². The molecule has 2 rings (SSSR count). The topological polar surface area (TPSA) is 58.3 Å².